The summed E-state index contributed by atoms with van der Waals surface area (Å²) in [5, 5.41) is 0. The van der Waals surface area contributed by atoms with Gasteiger partial charge in [-0.2, -0.15) is 0 Å². The number of hydrogen-bond acceptors (Lipinski definition) is 3. The van der Waals surface area contributed by atoms with Crippen molar-refractivity contribution in [3.8, 4) is 0 Å². The number of anilines is 1. The number of ether oxygens (including phenoxy) is 1. The van der Waals surface area contributed by atoms with Crippen LogP contribution in [0.4, 0.5) is 14.5 Å². The average Bonchev–Trinajstić information content (AvgIpc) is 2.15. The van der Waals surface area contributed by atoms with Crippen LogP contribution in [-0.4, -0.2) is 13.1 Å². The van der Waals surface area contributed by atoms with Crippen LogP contribution in [0.2, 0.25) is 0 Å². The maximum atomic E-state index is 12.2. The molecule has 1 rings (SSSR count). The Morgan fingerprint density at radius 3 is 2.57 bits per heavy atom. The smallest absolute Gasteiger partial charge is 0.337 e. The van der Waals surface area contributed by atoms with Crippen molar-refractivity contribution >= 4 is 11.7 Å². The molecule has 14 heavy (non-hydrogen) atoms. The van der Waals surface area contributed by atoms with E-state index in [1.165, 1.54) is 19.2 Å². The molecule has 0 atom stereocenters. The Labute approximate surface area is 79.5 Å². The normalized spacial score (nSPS) is 10.3. The van der Waals surface area contributed by atoms with E-state index in [-0.39, 0.29) is 16.8 Å². The second-order valence-corrected chi connectivity index (χ2v) is 2.64. The highest BCUT2D eigenvalue weighted by atomic mass is 19.3. The number of carbonyl (C=O) groups excluding carboxylic acids is 1. The van der Waals surface area contributed by atoms with Crippen LogP contribution in [0.5, 0.6) is 0 Å². The molecule has 0 spiro atoms. The molecule has 1 aromatic rings. The van der Waals surface area contributed by atoms with E-state index in [0.29, 0.717) is 0 Å². The molecule has 3 nitrogen and oxygen atoms in total. The number of benzene rings is 1. The minimum Gasteiger partial charge on any atom is -0.465 e. The fourth-order valence-corrected chi connectivity index (χ4v) is 1.02. The lowest BCUT2D eigenvalue weighted by Crippen LogP contribution is -2.03. The number of alkyl halides is 2. The first-order chi connectivity index (χ1) is 6.56. The van der Waals surface area contributed by atoms with E-state index in [1.807, 2.05) is 0 Å². The van der Waals surface area contributed by atoms with E-state index >= 15 is 0 Å². The Hall–Kier alpha value is -1.65. The lowest BCUT2D eigenvalue weighted by Gasteiger charge is -2.05. The van der Waals surface area contributed by atoms with Gasteiger partial charge in [0.25, 0.3) is 6.43 Å². The van der Waals surface area contributed by atoms with Crippen LogP contribution >= 0.6 is 0 Å². The summed E-state index contributed by atoms with van der Waals surface area (Å²) in [6.07, 6.45) is -2.64. The Balaban J connectivity index is 3.06. The maximum Gasteiger partial charge on any atom is 0.337 e. The van der Waals surface area contributed by atoms with Gasteiger partial charge in [0, 0.05) is 11.3 Å². The first-order valence-electron chi connectivity index (χ1n) is 3.82. The van der Waals surface area contributed by atoms with E-state index < -0.39 is 12.4 Å². The molecule has 0 saturated carbocycles. The van der Waals surface area contributed by atoms with Gasteiger partial charge in [0.2, 0.25) is 0 Å². The highest BCUT2D eigenvalue weighted by molar-refractivity contribution is 5.90. The highest BCUT2D eigenvalue weighted by Crippen LogP contribution is 2.25. The SMILES string of the molecule is COC(=O)c1ccc(C(F)F)c(N)c1. The number of rotatable bonds is 2. The number of nitrogen functional groups attached to an aromatic ring is 1. The van der Waals surface area contributed by atoms with E-state index in [0.717, 1.165) is 6.07 Å². The second-order valence-electron chi connectivity index (χ2n) is 2.64. The highest BCUT2D eigenvalue weighted by Gasteiger charge is 2.13. The number of hydrogen-bond donors (Lipinski definition) is 1. The van der Waals surface area contributed by atoms with Crippen molar-refractivity contribution in [2.45, 2.75) is 6.43 Å². The summed E-state index contributed by atoms with van der Waals surface area (Å²) < 4.78 is 28.9. The molecular formula is C9H9F2NO2. The minimum atomic E-state index is -2.64. The van der Waals surface area contributed by atoms with E-state index in [9.17, 15) is 13.6 Å². The summed E-state index contributed by atoms with van der Waals surface area (Å²) in [6, 6.07) is 3.54. The third-order valence-electron chi connectivity index (χ3n) is 1.74. The number of nitrogens with two attached hydrogens (primary N) is 1. The molecule has 0 unspecified atom stereocenters. The van der Waals surface area contributed by atoms with Crippen LogP contribution < -0.4 is 5.73 Å². The zero-order valence-corrected chi connectivity index (χ0v) is 7.46. The van der Waals surface area contributed by atoms with E-state index in [4.69, 9.17) is 5.73 Å². The van der Waals surface area contributed by atoms with Crippen LogP contribution in [0.15, 0.2) is 18.2 Å². The van der Waals surface area contributed by atoms with Gasteiger partial charge in [0.05, 0.1) is 12.7 Å². The minimum absolute atomic E-state index is 0.108. The molecule has 0 amide bonds. The summed E-state index contributed by atoms with van der Waals surface area (Å²) in [5.74, 6) is -0.600. The molecule has 0 aliphatic carbocycles. The van der Waals surface area contributed by atoms with Gasteiger partial charge in [-0.15, -0.1) is 0 Å². The fourth-order valence-electron chi connectivity index (χ4n) is 1.02. The van der Waals surface area contributed by atoms with Crippen molar-refractivity contribution in [1.82, 2.24) is 0 Å². The van der Waals surface area contributed by atoms with Gasteiger partial charge < -0.3 is 10.5 Å². The molecule has 0 fully saturated rings. The molecule has 5 heteroatoms. The number of methoxy groups -OCH3 is 1. The summed E-state index contributed by atoms with van der Waals surface area (Å²) in [7, 11) is 1.21. The monoisotopic (exact) mass is 201 g/mol. The largest absolute Gasteiger partial charge is 0.465 e. The van der Waals surface area contributed by atoms with Crippen molar-refractivity contribution in [2.24, 2.45) is 0 Å². The van der Waals surface area contributed by atoms with Crippen molar-refractivity contribution < 1.29 is 18.3 Å². The maximum absolute atomic E-state index is 12.2. The van der Waals surface area contributed by atoms with E-state index in [1.54, 1.807) is 0 Å². The number of carbonyl (C=O) groups is 1. The predicted molar refractivity (Wildman–Crippen MR) is 47.2 cm³/mol. The molecular weight excluding hydrogens is 192 g/mol. The van der Waals surface area contributed by atoms with E-state index in [2.05, 4.69) is 4.74 Å². The van der Waals surface area contributed by atoms with Gasteiger partial charge in [-0.25, -0.2) is 13.6 Å². The average molecular weight is 201 g/mol. The third-order valence-corrected chi connectivity index (χ3v) is 1.74. The third kappa shape index (κ3) is 1.99. The Bertz CT molecular complexity index is 353. The molecule has 0 saturated heterocycles. The first-order valence-corrected chi connectivity index (χ1v) is 3.82. The van der Waals surface area contributed by atoms with Gasteiger partial charge >= 0.3 is 5.97 Å². The summed E-state index contributed by atoms with van der Waals surface area (Å²) >= 11 is 0. The van der Waals surface area contributed by atoms with Crippen LogP contribution in [-0.2, 0) is 4.74 Å². The fraction of sp³-hybridized carbons (Fsp3) is 0.222. The first kappa shape index (κ1) is 10.4. The van der Waals surface area contributed by atoms with Crippen molar-refractivity contribution in [3.63, 3.8) is 0 Å². The number of esters is 1. The van der Waals surface area contributed by atoms with Crippen molar-refractivity contribution in [1.29, 1.82) is 0 Å². The van der Waals surface area contributed by atoms with Gasteiger partial charge in [0.15, 0.2) is 0 Å². The molecule has 1 aromatic carbocycles. The van der Waals surface area contributed by atoms with Gasteiger partial charge in [0.1, 0.15) is 0 Å². The molecule has 2 N–H and O–H groups in total. The number of halogens is 2. The zero-order chi connectivity index (χ0) is 10.7. The second kappa shape index (κ2) is 4.04. The summed E-state index contributed by atoms with van der Waals surface area (Å²) in [4.78, 5) is 11.0. The van der Waals surface area contributed by atoms with Crippen LogP contribution in [0.1, 0.15) is 22.3 Å². The predicted octanol–water partition coefficient (Wildman–Crippen LogP) is 1.99. The standard InChI is InChI=1S/C9H9F2NO2/c1-14-9(13)5-2-3-6(8(10)11)7(12)4-5/h2-4,8H,12H2,1H3. The summed E-state index contributed by atoms with van der Waals surface area (Å²) in [5.41, 5.74) is 5.10. The quantitative estimate of drug-likeness (QED) is 0.588. The van der Waals surface area contributed by atoms with Crippen LogP contribution in [0.3, 0.4) is 0 Å². The van der Waals surface area contributed by atoms with Crippen molar-refractivity contribution in [2.75, 3.05) is 12.8 Å². The van der Waals surface area contributed by atoms with Crippen LogP contribution in [0, 0.1) is 0 Å². The molecule has 0 aliphatic rings. The van der Waals surface area contributed by atoms with Gasteiger partial charge in [-0.1, -0.05) is 6.07 Å². The topological polar surface area (TPSA) is 52.3 Å². The molecule has 0 bridgehead atoms. The Kier molecular flexibility index (Phi) is 3.01. The van der Waals surface area contributed by atoms with Gasteiger partial charge in [-0.3, -0.25) is 0 Å². The summed E-state index contributed by atoms with van der Waals surface area (Å²) in [6.45, 7) is 0. The van der Waals surface area contributed by atoms with Crippen LogP contribution in [0.25, 0.3) is 0 Å². The molecule has 0 radical (unpaired) electrons. The lowest BCUT2D eigenvalue weighted by molar-refractivity contribution is 0.0600. The Morgan fingerprint density at radius 2 is 2.14 bits per heavy atom. The molecule has 0 aliphatic heterocycles. The van der Waals surface area contributed by atoms with Gasteiger partial charge in [-0.05, 0) is 12.1 Å². The molecule has 0 aromatic heterocycles. The molecule has 76 valence electrons. The van der Waals surface area contributed by atoms with Crippen molar-refractivity contribution in [3.05, 3.63) is 29.3 Å². The lowest BCUT2D eigenvalue weighted by atomic mass is 10.1. The zero-order valence-electron chi connectivity index (χ0n) is 7.46. The Morgan fingerprint density at radius 1 is 1.50 bits per heavy atom. The molecule has 0 heterocycles.